The minimum absolute atomic E-state index is 0.312. The standard InChI is InChI=1S/C18H14ClN3O3S/c1-25-18(24)15-12(9-26-16(15)20)10-6-7-14(21-8-10)22-17(23)11-4-2-3-5-13(11)19/h2-9H,20H2,1H3,(H,21,22,23). The molecular formula is C18H14ClN3O3S. The molecule has 0 aliphatic rings. The molecule has 26 heavy (non-hydrogen) atoms. The van der Waals surface area contributed by atoms with Gasteiger partial charge in [-0.3, -0.25) is 4.79 Å². The average molecular weight is 388 g/mol. The normalized spacial score (nSPS) is 10.4. The number of anilines is 2. The third-order valence-corrected chi connectivity index (χ3v) is 4.78. The molecule has 0 unspecified atom stereocenters. The fourth-order valence-corrected chi connectivity index (χ4v) is 3.39. The molecule has 0 saturated carbocycles. The first-order valence-corrected chi connectivity index (χ1v) is 8.74. The van der Waals surface area contributed by atoms with Crippen LogP contribution in [-0.4, -0.2) is 24.0 Å². The Morgan fingerprint density at radius 1 is 1.23 bits per heavy atom. The number of aromatic nitrogens is 1. The van der Waals surface area contributed by atoms with Crippen molar-refractivity contribution in [3.05, 3.63) is 64.1 Å². The van der Waals surface area contributed by atoms with Gasteiger partial charge >= 0.3 is 5.97 Å². The molecule has 1 amide bonds. The summed E-state index contributed by atoms with van der Waals surface area (Å²) in [5.74, 6) is -0.498. The van der Waals surface area contributed by atoms with E-state index >= 15 is 0 Å². The van der Waals surface area contributed by atoms with Gasteiger partial charge in [0.25, 0.3) is 5.91 Å². The van der Waals surface area contributed by atoms with Crippen LogP contribution in [0.1, 0.15) is 20.7 Å². The molecule has 3 aromatic rings. The van der Waals surface area contributed by atoms with Gasteiger partial charge in [-0.25, -0.2) is 9.78 Å². The minimum atomic E-state index is -0.505. The van der Waals surface area contributed by atoms with Gasteiger partial charge in [-0.2, -0.15) is 0 Å². The molecule has 0 radical (unpaired) electrons. The average Bonchev–Trinajstić information content (AvgIpc) is 3.03. The molecule has 8 heteroatoms. The van der Waals surface area contributed by atoms with Crippen LogP contribution in [0.25, 0.3) is 11.1 Å². The number of pyridine rings is 1. The molecule has 0 fully saturated rings. The summed E-state index contributed by atoms with van der Waals surface area (Å²) in [6.45, 7) is 0. The quantitative estimate of drug-likeness (QED) is 0.657. The maximum Gasteiger partial charge on any atom is 0.341 e. The van der Waals surface area contributed by atoms with Gasteiger partial charge in [0.2, 0.25) is 0 Å². The molecular weight excluding hydrogens is 374 g/mol. The maximum absolute atomic E-state index is 12.3. The van der Waals surface area contributed by atoms with Crippen LogP contribution < -0.4 is 11.1 Å². The van der Waals surface area contributed by atoms with Crippen molar-refractivity contribution >= 4 is 45.6 Å². The third-order valence-electron chi connectivity index (χ3n) is 3.64. The first-order valence-electron chi connectivity index (χ1n) is 7.49. The first kappa shape index (κ1) is 17.9. The van der Waals surface area contributed by atoms with Gasteiger partial charge in [0.1, 0.15) is 16.4 Å². The van der Waals surface area contributed by atoms with E-state index in [9.17, 15) is 9.59 Å². The van der Waals surface area contributed by atoms with E-state index in [0.717, 1.165) is 0 Å². The number of halogens is 1. The van der Waals surface area contributed by atoms with Crippen LogP contribution in [-0.2, 0) is 4.74 Å². The Labute approximate surface area is 158 Å². The van der Waals surface area contributed by atoms with Crippen LogP contribution in [0.4, 0.5) is 10.8 Å². The molecule has 0 bridgehead atoms. The third kappa shape index (κ3) is 3.54. The molecule has 2 heterocycles. The summed E-state index contributed by atoms with van der Waals surface area (Å²) in [6.07, 6.45) is 1.55. The number of methoxy groups -OCH3 is 1. The molecule has 132 valence electrons. The molecule has 0 saturated heterocycles. The second-order valence-corrected chi connectivity index (χ2v) is 6.56. The van der Waals surface area contributed by atoms with Gasteiger partial charge in [-0.15, -0.1) is 11.3 Å². The van der Waals surface area contributed by atoms with E-state index in [1.165, 1.54) is 18.4 Å². The van der Waals surface area contributed by atoms with Crippen LogP contribution in [0.3, 0.4) is 0 Å². The van der Waals surface area contributed by atoms with Gasteiger partial charge in [-0.1, -0.05) is 23.7 Å². The second-order valence-electron chi connectivity index (χ2n) is 5.25. The predicted molar refractivity (Wildman–Crippen MR) is 103 cm³/mol. The van der Waals surface area contributed by atoms with Crippen molar-refractivity contribution in [2.75, 3.05) is 18.2 Å². The highest BCUT2D eigenvalue weighted by atomic mass is 35.5. The molecule has 3 N–H and O–H groups in total. The summed E-state index contributed by atoms with van der Waals surface area (Å²) < 4.78 is 4.77. The number of rotatable bonds is 4. The Morgan fingerprint density at radius 3 is 2.65 bits per heavy atom. The van der Waals surface area contributed by atoms with Crippen molar-refractivity contribution in [2.24, 2.45) is 0 Å². The smallest absolute Gasteiger partial charge is 0.341 e. The lowest BCUT2D eigenvalue weighted by atomic mass is 10.1. The highest BCUT2D eigenvalue weighted by Gasteiger charge is 2.19. The number of hydrogen-bond acceptors (Lipinski definition) is 6. The number of nitrogens with zero attached hydrogens (tertiary/aromatic N) is 1. The summed E-state index contributed by atoms with van der Waals surface area (Å²) in [7, 11) is 1.30. The van der Waals surface area contributed by atoms with Crippen molar-refractivity contribution < 1.29 is 14.3 Å². The Morgan fingerprint density at radius 2 is 2.00 bits per heavy atom. The summed E-state index contributed by atoms with van der Waals surface area (Å²) in [5.41, 5.74) is 7.85. The van der Waals surface area contributed by atoms with Crippen molar-refractivity contribution in [3.63, 3.8) is 0 Å². The van der Waals surface area contributed by atoms with Crippen LogP contribution in [0.5, 0.6) is 0 Å². The molecule has 0 atom stereocenters. The second kappa shape index (κ2) is 7.55. The lowest BCUT2D eigenvalue weighted by molar-refractivity contribution is 0.0603. The van der Waals surface area contributed by atoms with E-state index in [1.807, 2.05) is 0 Å². The molecule has 0 aliphatic carbocycles. The number of hydrogen-bond donors (Lipinski definition) is 2. The maximum atomic E-state index is 12.3. The fraction of sp³-hybridized carbons (Fsp3) is 0.0556. The van der Waals surface area contributed by atoms with Crippen molar-refractivity contribution in [1.82, 2.24) is 4.98 Å². The molecule has 0 aliphatic heterocycles. The van der Waals surface area contributed by atoms with Crippen LogP contribution in [0.15, 0.2) is 48.0 Å². The highest BCUT2D eigenvalue weighted by Crippen LogP contribution is 2.34. The summed E-state index contributed by atoms with van der Waals surface area (Å²) in [6, 6.07) is 10.1. The molecule has 0 spiro atoms. The number of esters is 1. The minimum Gasteiger partial charge on any atom is -0.465 e. The predicted octanol–water partition coefficient (Wildman–Crippen LogP) is 4.08. The van der Waals surface area contributed by atoms with Gasteiger partial charge in [0.15, 0.2) is 0 Å². The van der Waals surface area contributed by atoms with Gasteiger partial charge in [0, 0.05) is 22.7 Å². The number of nitrogens with one attached hydrogen (secondary N) is 1. The van der Waals surface area contributed by atoms with E-state index < -0.39 is 5.97 Å². The van der Waals surface area contributed by atoms with Crippen molar-refractivity contribution in [2.45, 2.75) is 0 Å². The van der Waals surface area contributed by atoms with Crippen LogP contribution in [0.2, 0.25) is 5.02 Å². The number of ether oxygens (including phenoxy) is 1. The largest absolute Gasteiger partial charge is 0.465 e. The zero-order chi connectivity index (χ0) is 18.7. The fourth-order valence-electron chi connectivity index (χ4n) is 2.35. The van der Waals surface area contributed by atoms with Gasteiger partial charge in [0.05, 0.1) is 17.7 Å². The van der Waals surface area contributed by atoms with E-state index in [-0.39, 0.29) is 5.91 Å². The van der Waals surface area contributed by atoms with Crippen molar-refractivity contribution in [1.29, 1.82) is 0 Å². The van der Waals surface area contributed by atoms with Gasteiger partial charge in [-0.05, 0) is 24.3 Å². The SMILES string of the molecule is COC(=O)c1c(-c2ccc(NC(=O)c3ccccc3Cl)nc2)csc1N. The van der Waals surface area contributed by atoms with E-state index in [0.29, 0.717) is 38.1 Å². The molecule has 2 aromatic heterocycles. The lowest BCUT2D eigenvalue weighted by Gasteiger charge is -2.07. The Hall–Kier alpha value is -2.90. The Balaban J connectivity index is 1.83. The van der Waals surface area contributed by atoms with E-state index in [2.05, 4.69) is 10.3 Å². The number of carbonyl (C=O) groups is 2. The summed E-state index contributed by atoms with van der Waals surface area (Å²) in [5, 5.41) is 5.18. The highest BCUT2D eigenvalue weighted by molar-refractivity contribution is 7.14. The summed E-state index contributed by atoms with van der Waals surface area (Å²) >= 11 is 7.27. The molecule has 3 rings (SSSR count). The monoisotopic (exact) mass is 387 g/mol. The van der Waals surface area contributed by atoms with Crippen LogP contribution >= 0.6 is 22.9 Å². The number of benzene rings is 1. The van der Waals surface area contributed by atoms with Crippen molar-refractivity contribution in [3.8, 4) is 11.1 Å². The molecule has 6 nitrogen and oxygen atoms in total. The first-order chi connectivity index (χ1) is 12.5. The van der Waals surface area contributed by atoms with E-state index in [1.54, 1.807) is 48.0 Å². The number of amides is 1. The lowest BCUT2D eigenvalue weighted by Crippen LogP contribution is -2.13. The van der Waals surface area contributed by atoms with Crippen LogP contribution in [0, 0.1) is 0 Å². The summed E-state index contributed by atoms with van der Waals surface area (Å²) in [4.78, 5) is 28.4. The molecule has 1 aromatic carbocycles. The number of thiophene rings is 1. The number of carbonyl (C=O) groups excluding carboxylic acids is 2. The van der Waals surface area contributed by atoms with Gasteiger partial charge < -0.3 is 15.8 Å². The van der Waals surface area contributed by atoms with E-state index in [4.69, 9.17) is 22.1 Å². The number of nitrogen functional groups attached to an aromatic ring is 1. The zero-order valence-electron chi connectivity index (χ0n) is 13.7. The Bertz CT molecular complexity index is 970. The number of nitrogens with two attached hydrogens (primary N) is 1. The Kier molecular flexibility index (Phi) is 5.20. The topological polar surface area (TPSA) is 94.3 Å². The zero-order valence-corrected chi connectivity index (χ0v) is 15.2.